The molecule has 1 unspecified atom stereocenters. The third-order valence-corrected chi connectivity index (χ3v) is 5.70. The number of carbonyl (C=O) groups is 1. The first kappa shape index (κ1) is 20.3. The second-order valence-electron chi connectivity index (χ2n) is 7.72. The van der Waals surface area contributed by atoms with Crippen LogP contribution >= 0.6 is 0 Å². The van der Waals surface area contributed by atoms with Gasteiger partial charge in [-0.1, -0.05) is 0 Å². The number of hydrogen-bond donors (Lipinski definition) is 0. The summed E-state index contributed by atoms with van der Waals surface area (Å²) in [6.45, 7) is 3.83. The molecule has 7 nitrogen and oxygen atoms in total. The average molecular weight is 409 g/mol. The van der Waals surface area contributed by atoms with Gasteiger partial charge in [0.2, 0.25) is 0 Å². The van der Waals surface area contributed by atoms with Gasteiger partial charge in [0.05, 0.1) is 12.7 Å². The van der Waals surface area contributed by atoms with Crippen LogP contribution in [0.4, 0.5) is 0 Å². The molecule has 4 rings (SSSR count). The Morgan fingerprint density at radius 2 is 2.03 bits per heavy atom. The number of benzene rings is 1. The van der Waals surface area contributed by atoms with Gasteiger partial charge >= 0.3 is 0 Å². The monoisotopic (exact) mass is 408 g/mol. The number of amides is 1. The Labute approximate surface area is 177 Å². The number of nitrogens with zero attached hydrogens (tertiary/aromatic N) is 4. The van der Waals surface area contributed by atoms with Crippen LogP contribution in [0.25, 0.3) is 0 Å². The van der Waals surface area contributed by atoms with Gasteiger partial charge in [0.25, 0.3) is 5.91 Å². The van der Waals surface area contributed by atoms with Crippen molar-refractivity contribution in [3.63, 3.8) is 0 Å². The molecule has 158 valence electrons. The van der Waals surface area contributed by atoms with Crippen molar-refractivity contribution in [1.82, 2.24) is 19.8 Å². The van der Waals surface area contributed by atoms with Crippen LogP contribution in [0.15, 0.2) is 49.1 Å². The fourth-order valence-electron chi connectivity index (χ4n) is 4.09. The summed E-state index contributed by atoms with van der Waals surface area (Å²) in [4.78, 5) is 26.0. The van der Waals surface area contributed by atoms with Crippen LogP contribution in [0.3, 0.4) is 0 Å². The van der Waals surface area contributed by atoms with E-state index in [9.17, 15) is 4.79 Å². The van der Waals surface area contributed by atoms with Gasteiger partial charge in [0.15, 0.2) is 0 Å². The maximum atomic E-state index is 12.9. The number of hydrogen-bond acceptors (Lipinski definition) is 6. The highest BCUT2D eigenvalue weighted by Crippen LogP contribution is 2.28. The number of rotatable bonds is 7. The summed E-state index contributed by atoms with van der Waals surface area (Å²) in [7, 11) is 1.60. The molecule has 2 aliphatic rings. The van der Waals surface area contributed by atoms with E-state index in [0.29, 0.717) is 29.5 Å². The molecular formula is C23H28N4O3. The summed E-state index contributed by atoms with van der Waals surface area (Å²) in [6, 6.07) is 7.15. The van der Waals surface area contributed by atoms with Gasteiger partial charge in [0, 0.05) is 43.7 Å². The molecule has 7 heteroatoms. The molecule has 0 radical (unpaired) electrons. The number of fused-ring (bicyclic) bond motifs is 1. The molecule has 3 heterocycles. The molecule has 1 aromatic heterocycles. The Bertz CT molecular complexity index is 887. The van der Waals surface area contributed by atoms with E-state index >= 15 is 0 Å². The second-order valence-corrected chi connectivity index (χ2v) is 7.72. The van der Waals surface area contributed by atoms with Crippen molar-refractivity contribution in [3.8, 4) is 11.5 Å². The zero-order valence-electron chi connectivity index (χ0n) is 17.4. The molecular weight excluding hydrogens is 380 g/mol. The van der Waals surface area contributed by atoms with Gasteiger partial charge in [-0.25, -0.2) is 9.97 Å². The van der Waals surface area contributed by atoms with Gasteiger partial charge in [-0.3, -0.25) is 4.79 Å². The smallest absolute Gasteiger partial charge is 0.261 e. The summed E-state index contributed by atoms with van der Waals surface area (Å²) < 4.78 is 10.8. The lowest BCUT2D eigenvalue weighted by Crippen LogP contribution is -2.36. The lowest BCUT2D eigenvalue weighted by molar-refractivity contribution is 0.0820. The third kappa shape index (κ3) is 4.79. The molecule has 0 saturated carbocycles. The third-order valence-electron chi connectivity index (χ3n) is 5.70. The van der Waals surface area contributed by atoms with Crippen molar-refractivity contribution < 1.29 is 14.3 Å². The van der Waals surface area contributed by atoms with Crippen molar-refractivity contribution in [3.05, 3.63) is 60.5 Å². The SMILES string of the molecule is COc1ccc2c(c1)OC=CN(CCCCN1CCCC(c3ncccn3)C1)C2=O. The molecule has 1 saturated heterocycles. The summed E-state index contributed by atoms with van der Waals surface area (Å²) in [5.41, 5.74) is 0.558. The van der Waals surface area contributed by atoms with Crippen LogP contribution in [-0.4, -0.2) is 59.0 Å². The van der Waals surface area contributed by atoms with Gasteiger partial charge in [0.1, 0.15) is 23.6 Å². The molecule has 2 aliphatic heterocycles. The molecule has 1 aromatic carbocycles. The largest absolute Gasteiger partial charge is 0.497 e. The van der Waals surface area contributed by atoms with Crippen LogP contribution in [0.1, 0.15) is 47.8 Å². The van der Waals surface area contributed by atoms with Crippen LogP contribution < -0.4 is 9.47 Å². The Kier molecular flexibility index (Phi) is 6.59. The first-order valence-electron chi connectivity index (χ1n) is 10.6. The maximum absolute atomic E-state index is 12.9. The summed E-state index contributed by atoms with van der Waals surface area (Å²) in [6.07, 6.45) is 11.2. The van der Waals surface area contributed by atoms with Crippen LogP contribution in [0.5, 0.6) is 11.5 Å². The van der Waals surface area contributed by atoms with Crippen LogP contribution in [0.2, 0.25) is 0 Å². The number of unbranched alkanes of at least 4 members (excludes halogenated alkanes) is 1. The highest BCUT2D eigenvalue weighted by molar-refractivity contribution is 5.98. The number of ether oxygens (including phenoxy) is 2. The number of carbonyl (C=O) groups excluding carboxylic acids is 1. The Hall–Kier alpha value is -2.93. The van der Waals surface area contributed by atoms with Crippen molar-refractivity contribution in [2.24, 2.45) is 0 Å². The normalized spacial score (nSPS) is 19.2. The minimum Gasteiger partial charge on any atom is -0.497 e. The van der Waals surface area contributed by atoms with Crippen molar-refractivity contribution in [2.45, 2.75) is 31.6 Å². The Morgan fingerprint density at radius 3 is 2.87 bits per heavy atom. The topological polar surface area (TPSA) is 67.8 Å². The van der Waals surface area contributed by atoms with E-state index in [2.05, 4.69) is 14.9 Å². The number of methoxy groups -OCH3 is 1. The average Bonchev–Trinajstić information content (AvgIpc) is 2.95. The summed E-state index contributed by atoms with van der Waals surface area (Å²) in [5.74, 6) is 2.53. The Balaban J connectivity index is 1.26. The summed E-state index contributed by atoms with van der Waals surface area (Å²) >= 11 is 0. The molecule has 0 spiro atoms. The van der Waals surface area contributed by atoms with Crippen molar-refractivity contribution in [2.75, 3.05) is 33.3 Å². The molecule has 0 aliphatic carbocycles. The van der Waals surface area contributed by atoms with Crippen LogP contribution in [-0.2, 0) is 0 Å². The molecule has 1 amide bonds. The lowest BCUT2D eigenvalue weighted by Gasteiger charge is -2.32. The predicted octanol–water partition coefficient (Wildman–Crippen LogP) is 3.45. The molecule has 0 bridgehead atoms. The lowest BCUT2D eigenvalue weighted by atomic mass is 9.97. The molecule has 1 fully saturated rings. The first-order valence-corrected chi connectivity index (χ1v) is 10.6. The van der Waals surface area contributed by atoms with Gasteiger partial charge in [-0.05, 0) is 57.0 Å². The van der Waals surface area contributed by atoms with E-state index in [1.165, 1.54) is 6.42 Å². The second kappa shape index (κ2) is 9.71. The fourth-order valence-corrected chi connectivity index (χ4v) is 4.09. The molecule has 30 heavy (non-hydrogen) atoms. The highest BCUT2D eigenvalue weighted by Gasteiger charge is 2.24. The van der Waals surface area contributed by atoms with E-state index < -0.39 is 0 Å². The highest BCUT2D eigenvalue weighted by atomic mass is 16.5. The van der Waals surface area contributed by atoms with Gasteiger partial charge < -0.3 is 19.3 Å². The van der Waals surface area contributed by atoms with E-state index in [4.69, 9.17) is 9.47 Å². The van der Waals surface area contributed by atoms with E-state index in [1.54, 1.807) is 42.7 Å². The number of aromatic nitrogens is 2. The minimum absolute atomic E-state index is 0.0411. The quantitative estimate of drug-likeness (QED) is 0.654. The predicted molar refractivity (Wildman–Crippen MR) is 113 cm³/mol. The van der Waals surface area contributed by atoms with Gasteiger partial charge in [-0.2, -0.15) is 0 Å². The molecule has 0 N–H and O–H groups in total. The zero-order valence-corrected chi connectivity index (χ0v) is 17.4. The fraction of sp³-hybridized carbons (Fsp3) is 0.435. The van der Waals surface area contributed by atoms with Crippen molar-refractivity contribution in [1.29, 1.82) is 0 Å². The maximum Gasteiger partial charge on any atom is 0.261 e. The standard InChI is InChI=1S/C23H28N4O3/c1-29-19-7-8-20-21(16-19)30-15-14-27(23(20)28)13-3-2-11-26-12-4-6-18(17-26)22-24-9-5-10-25-22/h5,7-10,14-16,18H,2-4,6,11-13,17H2,1H3. The number of piperidine rings is 1. The first-order chi connectivity index (χ1) is 14.7. The van der Waals surface area contributed by atoms with E-state index in [1.807, 2.05) is 18.5 Å². The molecule has 1 atom stereocenters. The van der Waals surface area contributed by atoms with E-state index in [0.717, 1.165) is 44.7 Å². The Morgan fingerprint density at radius 1 is 1.20 bits per heavy atom. The minimum atomic E-state index is -0.0411. The zero-order chi connectivity index (χ0) is 20.8. The van der Waals surface area contributed by atoms with Gasteiger partial charge in [-0.15, -0.1) is 0 Å². The van der Waals surface area contributed by atoms with Crippen molar-refractivity contribution >= 4 is 5.91 Å². The summed E-state index contributed by atoms with van der Waals surface area (Å²) in [5, 5.41) is 0. The molecule has 2 aromatic rings. The number of likely N-dealkylation sites (tertiary alicyclic amines) is 1. The van der Waals surface area contributed by atoms with E-state index in [-0.39, 0.29) is 5.91 Å². The van der Waals surface area contributed by atoms with Crippen LogP contribution in [0, 0.1) is 0 Å².